The summed E-state index contributed by atoms with van der Waals surface area (Å²) in [6.07, 6.45) is 0. The Labute approximate surface area is 123 Å². The molecule has 3 nitrogen and oxygen atoms in total. The minimum Gasteiger partial charge on any atom is -0.496 e. The minimum absolute atomic E-state index is 0.704. The van der Waals surface area contributed by atoms with Gasteiger partial charge in [-0.05, 0) is 30.3 Å². The van der Waals surface area contributed by atoms with Crippen LogP contribution in [0.4, 0.5) is 5.69 Å². The molecular formula is C16H15ClN2O. The maximum atomic E-state index is 6.14. The van der Waals surface area contributed by atoms with Gasteiger partial charge in [0.1, 0.15) is 5.75 Å². The number of nitrogens with zero attached hydrogens (tertiary/aromatic N) is 1. The first kappa shape index (κ1) is 13.0. The molecule has 0 amide bonds. The quantitative estimate of drug-likeness (QED) is 0.915. The summed E-state index contributed by atoms with van der Waals surface area (Å²) in [4.78, 5) is 4.70. The van der Waals surface area contributed by atoms with Crippen LogP contribution in [0.15, 0.2) is 47.5 Å². The minimum atomic E-state index is 0.704. The highest BCUT2D eigenvalue weighted by molar-refractivity contribution is 6.31. The summed E-state index contributed by atoms with van der Waals surface area (Å²) in [7, 11) is 1.67. The van der Waals surface area contributed by atoms with Gasteiger partial charge in [-0.3, -0.25) is 4.99 Å². The molecule has 4 heteroatoms. The van der Waals surface area contributed by atoms with Crippen molar-refractivity contribution in [3.05, 3.63) is 58.6 Å². The first-order valence-electron chi connectivity index (χ1n) is 6.51. The van der Waals surface area contributed by atoms with E-state index in [-0.39, 0.29) is 0 Å². The number of benzene rings is 2. The highest BCUT2D eigenvalue weighted by atomic mass is 35.5. The van der Waals surface area contributed by atoms with Gasteiger partial charge in [-0.15, -0.1) is 0 Å². The number of hydrogen-bond acceptors (Lipinski definition) is 3. The first-order valence-corrected chi connectivity index (χ1v) is 6.89. The van der Waals surface area contributed by atoms with Crippen molar-refractivity contribution >= 4 is 23.0 Å². The fourth-order valence-corrected chi connectivity index (χ4v) is 2.55. The number of halogens is 1. The Morgan fingerprint density at radius 1 is 1.15 bits per heavy atom. The Morgan fingerprint density at radius 2 is 2.00 bits per heavy atom. The van der Waals surface area contributed by atoms with Gasteiger partial charge >= 0.3 is 0 Å². The molecule has 0 saturated carbocycles. The number of benzodiazepines with no additional fused rings is 1. The number of anilines is 1. The van der Waals surface area contributed by atoms with E-state index < -0.39 is 0 Å². The molecule has 20 heavy (non-hydrogen) atoms. The molecule has 0 bridgehead atoms. The zero-order chi connectivity index (χ0) is 13.9. The maximum Gasteiger partial charge on any atom is 0.128 e. The Balaban J connectivity index is 2.19. The van der Waals surface area contributed by atoms with Crippen molar-refractivity contribution < 1.29 is 4.74 Å². The summed E-state index contributed by atoms with van der Waals surface area (Å²) in [5, 5.41) is 4.08. The summed E-state index contributed by atoms with van der Waals surface area (Å²) in [5.74, 6) is 0.819. The second-order valence-corrected chi connectivity index (χ2v) is 4.98. The summed E-state index contributed by atoms with van der Waals surface area (Å²) >= 11 is 6.14. The molecule has 0 fully saturated rings. The molecule has 1 aliphatic heterocycles. The zero-order valence-corrected chi connectivity index (χ0v) is 11.9. The highest BCUT2D eigenvalue weighted by Gasteiger charge is 2.17. The molecular weight excluding hydrogens is 272 g/mol. The monoisotopic (exact) mass is 286 g/mol. The van der Waals surface area contributed by atoms with E-state index >= 15 is 0 Å². The van der Waals surface area contributed by atoms with E-state index in [2.05, 4.69) is 5.32 Å². The summed E-state index contributed by atoms with van der Waals surface area (Å²) in [6, 6.07) is 13.7. The molecule has 0 atom stereocenters. The van der Waals surface area contributed by atoms with Crippen LogP contribution >= 0.6 is 11.6 Å². The summed E-state index contributed by atoms with van der Waals surface area (Å²) in [6.45, 7) is 1.53. The molecule has 0 spiro atoms. The largest absolute Gasteiger partial charge is 0.496 e. The predicted octanol–water partition coefficient (Wildman–Crippen LogP) is 3.61. The van der Waals surface area contributed by atoms with E-state index in [1.807, 2.05) is 42.5 Å². The van der Waals surface area contributed by atoms with E-state index in [1.165, 1.54) is 0 Å². The van der Waals surface area contributed by atoms with Crippen molar-refractivity contribution in [2.75, 3.05) is 25.5 Å². The number of ether oxygens (including phenoxy) is 1. The van der Waals surface area contributed by atoms with Gasteiger partial charge in [0.15, 0.2) is 0 Å². The lowest BCUT2D eigenvalue weighted by atomic mass is 10.00. The summed E-state index contributed by atoms with van der Waals surface area (Å²) in [5.41, 5.74) is 3.98. The predicted molar refractivity (Wildman–Crippen MR) is 83.4 cm³/mol. The molecule has 2 aromatic rings. The summed E-state index contributed by atoms with van der Waals surface area (Å²) < 4.78 is 5.45. The number of rotatable bonds is 2. The van der Waals surface area contributed by atoms with Crippen molar-refractivity contribution in [3.63, 3.8) is 0 Å². The van der Waals surface area contributed by atoms with Crippen LogP contribution in [0.1, 0.15) is 11.1 Å². The first-order chi connectivity index (χ1) is 9.79. The van der Waals surface area contributed by atoms with Crippen LogP contribution in [0.5, 0.6) is 5.75 Å². The molecule has 0 unspecified atom stereocenters. The fraction of sp³-hybridized carbons (Fsp3) is 0.188. The van der Waals surface area contributed by atoms with Gasteiger partial charge in [0, 0.05) is 28.4 Å². The van der Waals surface area contributed by atoms with Crippen LogP contribution in [0.2, 0.25) is 5.02 Å². The van der Waals surface area contributed by atoms with Crippen molar-refractivity contribution in [1.82, 2.24) is 0 Å². The fourth-order valence-electron chi connectivity index (χ4n) is 2.38. The van der Waals surface area contributed by atoms with Crippen molar-refractivity contribution in [3.8, 4) is 5.75 Å². The van der Waals surface area contributed by atoms with Gasteiger partial charge < -0.3 is 10.1 Å². The third kappa shape index (κ3) is 2.37. The average molecular weight is 287 g/mol. The van der Waals surface area contributed by atoms with Crippen LogP contribution in [0.3, 0.4) is 0 Å². The third-order valence-corrected chi connectivity index (χ3v) is 3.53. The molecule has 0 radical (unpaired) electrons. The van der Waals surface area contributed by atoms with E-state index in [9.17, 15) is 0 Å². The Hall–Kier alpha value is -2.00. The van der Waals surface area contributed by atoms with Gasteiger partial charge in [0.25, 0.3) is 0 Å². The number of aliphatic imine (C=N–C) groups is 1. The lowest BCUT2D eigenvalue weighted by Crippen LogP contribution is -2.07. The van der Waals surface area contributed by atoms with Crippen molar-refractivity contribution in [2.45, 2.75) is 0 Å². The number of hydrogen-bond donors (Lipinski definition) is 1. The van der Waals surface area contributed by atoms with Gasteiger partial charge in [-0.2, -0.15) is 0 Å². The number of para-hydroxylation sites is 1. The average Bonchev–Trinajstić information content (AvgIpc) is 2.69. The van der Waals surface area contributed by atoms with Gasteiger partial charge in [0.2, 0.25) is 0 Å². The number of methoxy groups -OCH3 is 1. The van der Waals surface area contributed by atoms with E-state index in [4.69, 9.17) is 21.3 Å². The number of fused-ring (bicyclic) bond motifs is 1. The molecule has 0 saturated heterocycles. The SMILES string of the molecule is COc1ccccc1C1=NCCNc2ccc(Cl)cc21. The normalized spacial score (nSPS) is 13.8. The Kier molecular flexibility index (Phi) is 3.61. The Bertz CT molecular complexity index is 667. The van der Waals surface area contributed by atoms with E-state index in [1.54, 1.807) is 7.11 Å². The van der Waals surface area contributed by atoms with Crippen LogP contribution in [0, 0.1) is 0 Å². The van der Waals surface area contributed by atoms with Crippen molar-refractivity contribution in [1.29, 1.82) is 0 Å². The second-order valence-electron chi connectivity index (χ2n) is 4.55. The molecule has 1 N–H and O–H groups in total. The van der Waals surface area contributed by atoms with Gasteiger partial charge in [-0.25, -0.2) is 0 Å². The van der Waals surface area contributed by atoms with Crippen LogP contribution < -0.4 is 10.1 Å². The lowest BCUT2D eigenvalue weighted by molar-refractivity contribution is 0.414. The molecule has 2 aromatic carbocycles. The van der Waals surface area contributed by atoms with Gasteiger partial charge in [0.05, 0.1) is 19.4 Å². The molecule has 0 aromatic heterocycles. The third-order valence-electron chi connectivity index (χ3n) is 3.30. The number of nitrogens with one attached hydrogen (secondary N) is 1. The topological polar surface area (TPSA) is 33.6 Å². The van der Waals surface area contributed by atoms with E-state index in [0.29, 0.717) is 5.02 Å². The molecule has 102 valence electrons. The van der Waals surface area contributed by atoms with Gasteiger partial charge in [-0.1, -0.05) is 23.7 Å². The second kappa shape index (κ2) is 5.55. The zero-order valence-electron chi connectivity index (χ0n) is 11.2. The molecule has 0 aliphatic carbocycles. The van der Waals surface area contributed by atoms with Crippen LogP contribution in [-0.2, 0) is 0 Å². The van der Waals surface area contributed by atoms with Crippen molar-refractivity contribution in [2.24, 2.45) is 4.99 Å². The van der Waals surface area contributed by atoms with Crippen LogP contribution in [0.25, 0.3) is 0 Å². The van der Waals surface area contributed by atoms with Crippen LogP contribution in [-0.4, -0.2) is 25.9 Å². The highest BCUT2D eigenvalue weighted by Crippen LogP contribution is 2.29. The standard InChI is InChI=1S/C16H15ClN2O/c1-20-15-5-3-2-4-12(15)16-13-10-11(17)6-7-14(13)18-8-9-19-16/h2-7,10,18H,8-9H2,1H3. The molecule has 1 aliphatic rings. The Morgan fingerprint density at radius 3 is 2.85 bits per heavy atom. The smallest absolute Gasteiger partial charge is 0.128 e. The maximum absolute atomic E-state index is 6.14. The van der Waals surface area contributed by atoms with E-state index in [0.717, 1.165) is 41.4 Å². The molecule has 1 heterocycles. The lowest BCUT2D eigenvalue weighted by Gasteiger charge is -2.13. The molecule has 3 rings (SSSR count).